The van der Waals surface area contributed by atoms with Crippen LogP contribution in [-0.4, -0.2) is 33.7 Å². The highest BCUT2D eigenvalue weighted by molar-refractivity contribution is 5.81. The Morgan fingerprint density at radius 3 is 2.65 bits per heavy atom. The van der Waals surface area contributed by atoms with Gasteiger partial charge < -0.3 is 4.90 Å². The van der Waals surface area contributed by atoms with Crippen molar-refractivity contribution in [1.82, 2.24) is 14.7 Å². The molecular weight excluding hydrogens is 286 g/mol. The molecule has 1 amide bonds. The standard InChI is InChI=1S/C19H23N3O/c1-14-3-2-4-18(11-14)22-13-17(12-20-22)15-7-9-21(10-8-15)19(23)16-5-6-16/h2-4,11-13,15-16H,5-10H2,1H3. The minimum atomic E-state index is 0.343. The van der Waals surface area contributed by atoms with Gasteiger partial charge in [0.1, 0.15) is 0 Å². The lowest BCUT2D eigenvalue weighted by Gasteiger charge is -2.31. The van der Waals surface area contributed by atoms with E-state index in [-0.39, 0.29) is 0 Å². The maximum Gasteiger partial charge on any atom is 0.225 e. The topological polar surface area (TPSA) is 38.1 Å². The Morgan fingerprint density at radius 2 is 1.96 bits per heavy atom. The molecule has 1 aromatic carbocycles. The van der Waals surface area contributed by atoms with Crippen LogP contribution in [0.3, 0.4) is 0 Å². The second-order valence-electron chi connectivity index (χ2n) is 6.93. The molecule has 1 saturated heterocycles. The van der Waals surface area contributed by atoms with E-state index < -0.39 is 0 Å². The van der Waals surface area contributed by atoms with Crippen LogP contribution in [0.5, 0.6) is 0 Å². The predicted molar refractivity (Wildman–Crippen MR) is 89.6 cm³/mol. The molecule has 4 heteroatoms. The largest absolute Gasteiger partial charge is 0.342 e. The first-order valence-electron chi connectivity index (χ1n) is 8.61. The number of hydrogen-bond acceptors (Lipinski definition) is 2. The Kier molecular flexibility index (Phi) is 3.68. The molecule has 4 rings (SSSR count). The summed E-state index contributed by atoms with van der Waals surface area (Å²) in [4.78, 5) is 14.2. The van der Waals surface area contributed by atoms with E-state index in [0.717, 1.165) is 44.5 Å². The highest BCUT2D eigenvalue weighted by atomic mass is 16.2. The second kappa shape index (κ2) is 5.84. The lowest BCUT2D eigenvalue weighted by atomic mass is 9.91. The van der Waals surface area contributed by atoms with Gasteiger partial charge in [-0.05, 0) is 61.8 Å². The lowest BCUT2D eigenvalue weighted by Crippen LogP contribution is -2.38. The zero-order chi connectivity index (χ0) is 15.8. The molecule has 0 atom stereocenters. The first kappa shape index (κ1) is 14.5. The normalized spacial score (nSPS) is 19.1. The summed E-state index contributed by atoms with van der Waals surface area (Å²) in [5.41, 5.74) is 3.65. The fourth-order valence-corrected chi connectivity index (χ4v) is 3.48. The van der Waals surface area contributed by atoms with Crippen LogP contribution in [0.4, 0.5) is 0 Å². The summed E-state index contributed by atoms with van der Waals surface area (Å²) in [5, 5.41) is 4.53. The van der Waals surface area contributed by atoms with Gasteiger partial charge in [-0.25, -0.2) is 4.68 Å². The van der Waals surface area contributed by atoms with Crippen molar-refractivity contribution in [3.05, 3.63) is 47.8 Å². The molecule has 2 aliphatic rings. The number of nitrogens with zero attached hydrogens (tertiary/aromatic N) is 3. The number of benzene rings is 1. The summed E-state index contributed by atoms with van der Waals surface area (Å²) in [7, 11) is 0. The number of carbonyl (C=O) groups excluding carboxylic acids is 1. The fraction of sp³-hybridized carbons (Fsp3) is 0.474. The summed E-state index contributed by atoms with van der Waals surface area (Å²) in [6.45, 7) is 3.89. The van der Waals surface area contributed by atoms with Gasteiger partial charge >= 0.3 is 0 Å². The van der Waals surface area contributed by atoms with Crippen LogP contribution in [-0.2, 0) is 4.79 Å². The molecule has 2 heterocycles. The monoisotopic (exact) mass is 309 g/mol. The van der Waals surface area contributed by atoms with Gasteiger partial charge in [0.05, 0.1) is 11.9 Å². The van der Waals surface area contributed by atoms with Crippen molar-refractivity contribution in [3.63, 3.8) is 0 Å². The Labute approximate surface area is 137 Å². The third kappa shape index (κ3) is 3.03. The van der Waals surface area contributed by atoms with Crippen molar-refractivity contribution in [1.29, 1.82) is 0 Å². The van der Waals surface area contributed by atoms with Crippen molar-refractivity contribution in [2.45, 2.75) is 38.5 Å². The van der Waals surface area contributed by atoms with Crippen LogP contribution in [0, 0.1) is 12.8 Å². The van der Waals surface area contributed by atoms with E-state index in [4.69, 9.17) is 0 Å². The number of amides is 1. The fourth-order valence-electron chi connectivity index (χ4n) is 3.48. The van der Waals surface area contributed by atoms with Gasteiger partial charge in [0, 0.05) is 25.2 Å². The van der Waals surface area contributed by atoms with Crippen LogP contribution in [0.1, 0.15) is 42.7 Å². The number of rotatable bonds is 3. The number of hydrogen-bond donors (Lipinski definition) is 0. The minimum absolute atomic E-state index is 0.343. The van der Waals surface area contributed by atoms with Gasteiger partial charge in [0.2, 0.25) is 5.91 Å². The summed E-state index contributed by atoms with van der Waals surface area (Å²) in [6.07, 6.45) is 8.45. The summed E-state index contributed by atoms with van der Waals surface area (Å²) in [6, 6.07) is 8.39. The molecule has 0 unspecified atom stereocenters. The van der Waals surface area contributed by atoms with Crippen LogP contribution >= 0.6 is 0 Å². The summed E-state index contributed by atoms with van der Waals surface area (Å²) >= 11 is 0. The summed E-state index contributed by atoms with van der Waals surface area (Å²) < 4.78 is 1.96. The quantitative estimate of drug-likeness (QED) is 0.872. The molecule has 1 aliphatic carbocycles. The zero-order valence-electron chi connectivity index (χ0n) is 13.6. The van der Waals surface area contributed by atoms with Crippen LogP contribution in [0.2, 0.25) is 0 Å². The lowest BCUT2D eigenvalue weighted by molar-refractivity contribution is -0.133. The van der Waals surface area contributed by atoms with E-state index in [1.807, 2.05) is 10.9 Å². The minimum Gasteiger partial charge on any atom is -0.342 e. The van der Waals surface area contributed by atoms with E-state index in [1.165, 1.54) is 11.1 Å². The SMILES string of the molecule is Cc1cccc(-n2cc(C3CCN(C(=O)C4CC4)CC3)cn2)c1. The average Bonchev–Trinajstić information content (AvgIpc) is 3.31. The van der Waals surface area contributed by atoms with Gasteiger partial charge in [-0.15, -0.1) is 0 Å². The zero-order valence-corrected chi connectivity index (χ0v) is 13.6. The summed E-state index contributed by atoms with van der Waals surface area (Å²) in [5.74, 6) is 1.26. The maximum atomic E-state index is 12.1. The molecule has 0 radical (unpaired) electrons. The highest BCUT2D eigenvalue weighted by Crippen LogP contribution is 2.34. The number of likely N-dealkylation sites (tertiary alicyclic amines) is 1. The van der Waals surface area contributed by atoms with Gasteiger partial charge in [0.25, 0.3) is 0 Å². The van der Waals surface area contributed by atoms with Crippen LogP contribution < -0.4 is 0 Å². The van der Waals surface area contributed by atoms with Crippen molar-refractivity contribution in [3.8, 4) is 5.69 Å². The van der Waals surface area contributed by atoms with E-state index in [1.54, 1.807) is 0 Å². The number of aromatic nitrogens is 2. The average molecular weight is 309 g/mol. The third-order valence-electron chi connectivity index (χ3n) is 5.07. The van der Waals surface area contributed by atoms with Crippen molar-refractivity contribution in [2.75, 3.05) is 13.1 Å². The Bertz CT molecular complexity index is 709. The molecule has 1 aromatic heterocycles. The van der Waals surface area contributed by atoms with Crippen LogP contribution in [0.25, 0.3) is 5.69 Å². The van der Waals surface area contributed by atoms with Gasteiger partial charge in [0.15, 0.2) is 0 Å². The van der Waals surface area contributed by atoms with E-state index in [0.29, 0.717) is 17.7 Å². The molecule has 0 spiro atoms. The molecule has 2 aromatic rings. The van der Waals surface area contributed by atoms with Crippen molar-refractivity contribution >= 4 is 5.91 Å². The predicted octanol–water partition coefficient (Wildman–Crippen LogP) is 3.30. The van der Waals surface area contributed by atoms with Crippen molar-refractivity contribution < 1.29 is 4.79 Å². The molecule has 0 bridgehead atoms. The molecule has 0 N–H and O–H groups in total. The van der Waals surface area contributed by atoms with Gasteiger partial charge in [-0.3, -0.25) is 4.79 Å². The smallest absolute Gasteiger partial charge is 0.225 e. The molecule has 23 heavy (non-hydrogen) atoms. The molecule has 1 aliphatic heterocycles. The molecular formula is C19H23N3O. The van der Waals surface area contributed by atoms with E-state index in [9.17, 15) is 4.79 Å². The number of aryl methyl sites for hydroxylation is 1. The van der Waals surface area contributed by atoms with Crippen molar-refractivity contribution in [2.24, 2.45) is 5.92 Å². The number of piperidine rings is 1. The van der Waals surface area contributed by atoms with E-state index in [2.05, 4.69) is 47.4 Å². The van der Waals surface area contributed by atoms with Gasteiger partial charge in [-0.1, -0.05) is 12.1 Å². The molecule has 4 nitrogen and oxygen atoms in total. The molecule has 2 fully saturated rings. The molecule has 1 saturated carbocycles. The van der Waals surface area contributed by atoms with E-state index >= 15 is 0 Å². The molecule has 120 valence electrons. The first-order chi connectivity index (χ1) is 11.2. The van der Waals surface area contributed by atoms with Gasteiger partial charge in [-0.2, -0.15) is 5.10 Å². The Morgan fingerprint density at radius 1 is 1.17 bits per heavy atom. The third-order valence-corrected chi connectivity index (χ3v) is 5.07. The highest BCUT2D eigenvalue weighted by Gasteiger charge is 2.35. The van der Waals surface area contributed by atoms with Crippen LogP contribution in [0.15, 0.2) is 36.7 Å². The Hall–Kier alpha value is -2.10. The number of carbonyl (C=O) groups is 1. The maximum absolute atomic E-state index is 12.1. The first-order valence-corrected chi connectivity index (χ1v) is 8.61. The second-order valence-corrected chi connectivity index (χ2v) is 6.93. The Balaban J connectivity index is 1.42.